The summed E-state index contributed by atoms with van der Waals surface area (Å²) in [5.41, 5.74) is 4.11. The number of anilines is 1. The maximum atomic E-state index is 13.5. The molecule has 1 aliphatic heterocycles. The number of aryl methyl sites for hydroxylation is 1. The molecule has 7 nitrogen and oxygen atoms in total. The summed E-state index contributed by atoms with van der Waals surface area (Å²) in [6.07, 6.45) is 1.71. The van der Waals surface area contributed by atoms with Gasteiger partial charge in [-0.05, 0) is 37.0 Å². The number of rotatable bonds is 6. The number of aromatic nitrogens is 2. The Morgan fingerprint density at radius 3 is 2.27 bits per heavy atom. The zero-order valence-electron chi connectivity index (χ0n) is 23.8. The quantitative estimate of drug-likeness (QED) is 0.396. The van der Waals surface area contributed by atoms with Crippen molar-refractivity contribution in [1.29, 1.82) is 0 Å². The molecule has 0 saturated carbocycles. The number of hydrogen-bond donors (Lipinski definition) is 2. The predicted molar refractivity (Wildman–Crippen MR) is 165 cm³/mol. The third kappa shape index (κ3) is 7.94. The number of carbonyl (C=O) groups is 1. The molecule has 1 fully saturated rings. The number of carbonyl (C=O) groups excluding carboxylic acids is 1. The van der Waals surface area contributed by atoms with Gasteiger partial charge < -0.3 is 20.2 Å². The lowest BCUT2D eigenvalue weighted by Crippen LogP contribution is -2.51. The molecule has 1 aromatic heterocycles. The number of nitrogens with zero attached hydrogens (tertiary/aromatic N) is 4. The Morgan fingerprint density at radius 2 is 1.70 bits per heavy atom. The number of halogens is 2. The Kier molecular flexibility index (Phi) is 11.8. The van der Waals surface area contributed by atoms with Crippen molar-refractivity contribution in [2.75, 3.05) is 37.6 Å². The largest absolute Gasteiger partial charge is 0.387 e. The Hall–Kier alpha value is -2.71. The first-order valence-corrected chi connectivity index (χ1v) is 14.2. The predicted octanol–water partition coefficient (Wildman–Crippen LogP) is 5.52. The van der Waals surface area contributed by atoms with E-state index in [1.165, 1.54) is 5.56 Å². The summed E-state index contributed by atoms with van der Waals surface area (Å²) in [5, 5.41) is 14.4. The summed E-state index contributed by atoms with van der Waals surface area (Å²) in [7, 11) is 0. The van der Waals surface area contributed by atoms with Crippen LogP contribution in [0.2, 0.25) is 5.02 Å². The molecule has 0 radical (unpaired) electrons. The van der Waals surface area contributed by atoms with Gasteiger partial charge in [0.2, 0.25) is 5.91 Å². The van der Waals surface area contributed by atoms with Gasteiger partial charge in [0.1, 0.15) is 12.1 Å². The van der Waals surface area contributed by atoms with Crippen LogP contribution in [0, 0.1) is 6.92 Å². The average molecular weight is 587 g/mol. The van der Waals surface area contributed by atoms with Crippen LogP contribution in [0.1, 0.15) is 67.5 Å². The van der Waals surface area contributed by atoms with E-state index in [2.05, 4.69) is 60.0 Å². The van der Waals surface area contributed by atoms with Crippen LogP contribution in [0.4, 0.5) is 5.82 Å². The Balaban J connectivity index is 0.000000482. The molecule has 2 aliphatic rings. The van der Waals surface area contributed by atoms with E-state index in [0.29, 0.717) is 50.2 Å². The third-order valence-electron chi connectivity index (χ3n) is 7.41. The Morgan fingerprint density at radius 1 is 1.05 bits per heavy atom. The third-order valence-corrected chi connectivity index (χ3v) is 7.66. The van der Waals surface area contributed by atoms with Gasteiger partial charge in [0.25, 0.3) is 0 Å². The van der Waals surface area contributed by atoms with E-state index in [1.54, 1.807) is 6.33 Å². The summed E-state index contributed by atoms with van der Waals surface area (Å²) in [6, 6.07) is 18.1. The van der Waals surface area contributed by atoms with Crippen LogP contribution >= 0.6 is 24.0 Å². The topological polar surface area (TPSA) is 81.6 Å². The van der Waals surface area contributed by atoms with Gasteiger partial charge in [0.05, 0.1) is 17.7 Å². The summed E-state index contributed by atoms with van der Waals surface area (Å²) in [4.78, 5) is 26.5. The molecular weight excluding hydrogens is 545 g/mol. The second kappa shape index (κ2) is 14.8. The van der Waals surface area contributed by atoms with Crippen LogP contribution < -0.4 is 10.2 Å². The molecule has 1 saturated heterocycles. The molecule has 3 atom stereocenters. The highest BCUT2D eigenvalue weighted by Gasteiger charge is 2.35. The van der Waals surface area contributed by atoms with Crippen molar-refractivity contribution < 1.29 is 9.90 Å². The summed E-state index contributed by atoms with van der Waals surface area (Å²) >= 11 is 6.06. The first-order chi connectivity index (χ1) is 18.7. The molecule has 216 valence electrons. The SMILES string of the molecule is CC(C)NC[C@@H](C(=O)N1CCN(c2ncnc3c2[C@H](C)C[C@H]3O)CC1)c1ccc(Cl)cc1.Cc1ccccc1.Cl. The zero-order chi connectivity index (χ0) is 27.9. The molecule has 3 aromatic rings. The smallest absolute Gasteiger partial charge is 0.231 e. The van der Waals surface area contributed by atoms with Crippen LogP contribution in [-0.4, -0.2) is 64.6 Å². The van der Waals surface area contributed by atoms with Gasteiger partial charge in [-0.1, -0.05) is 80.4 Å². The summed E-state index contributed by atoms with van der Waals surface area (Å²) in [5.74, 6) is 1.02. The van der Waals surface area contributed by atoms with Crippen molar-refractivity contribution in [3.05, 3.63) is 88.3 Å². The number of hydrogen-bond acceptors (Lipinski definition) is 6. The lowest BCUT2D eigenvalue weighted by atomic mass is 9.96. The van der Waals surface area contributed by atoms with Crippen LogP contribution in [0.3, 0.4) is 0 Å². The fourth-order valence-corrected chi connectivity index (χ4v) is 5.37. The Labute approximate surface area is 249 Å². The van der Waals surface area contributed by atoms with Crippen molar-refractivity contribution in [1.82, 2.24) is 20.2 Å². The van der Waals surface area contributed by atoms with Crippen molar-refractivity contribution in [2.45, 2.75) is 58.1 Å². The molecule has 1 amide bonds. The van der Waals surface area contributed by atoms with E-state index in [4.69, 9.17) is 11.6 Å². The van der Waals surface area contributed by atoms with E-state index in [9.17, 15) is 9.90 Å². The van der Waals surface area contributed by atoms with Crippen LogP contribution in [-0.2, 0) is 4.79 Å². The molecule has 0 bridgehead atoms. The molecule has 40 heavy (non-hydrogen) atoms. The van der Waals surface area contributed by atoms with Crippen molar-refractivity contribution in [2.24, 2.45) is 0 Å². The van der Waals surface area contributed by atoms with Crippen LogP contribution in [0.5, 0.6) is 0 Å². The van der Waals surface area contributed by atoms with Gasteiger partial charge in [-0.25, -0.2) is 9.97 Å². The molecule has 1 aliphatic carbocycles. The van der Waals surface area contributed by atoms with Gasteiger partial charge in [-0.3, -0.25) is 4.79 Å². The molecular formula is C31H41Cl2N5O2. The molecule has 5 rings (SSSR count). The fraction of sp³-hybridized carbons (Fsp3) is 0.452. The minimum atomic E-state index is -0.516. The normalized spacial score (nSPS) is 18.9. The standard InChI is InChI=1S/C24H32ClN5O2.C7H8.ClH/c1-15(2)26-13-19(17-4-6-18(25)7-5-17)24(32)30-10-8-29(9-11-30)23-21-16(3)12-20(31)22(21)27-14-28-23;1-7-5-3-2-4-6-7;/h4-7,14-16,19-20,26,31H,8-13H2,1-3H3;2-6H,1H3;1H/t16-,19-,20-;;/m1../s1. The van der Waals surface area contributed by atoms with E-state index in [0.717, 1.165) is 22.6 Å². The van der Waals surface area contributed by atoms with Crippen LogP contribution in [0.25, 0.3) is 0 Å². The number of nitrogens with one attached hydrogen (secondary N) is 1. The highest BCUT2D eigenvalue weighted by molar-refractivity contribution is 6.30. The van der Waals surface area contributed by atoms with E-state index >= 15 is 0 Å². The van der Waals surface area contributed by atoms with Gasteiger partial charge in [0.15, 0.2) is 0 Å². The molecule has 2 N–H and O–H groups in total. The number of benzene rings is 2. The molecule has 2 heterocycles. The van der Waals surface area contributed by atoms with Gasteiger partial charge >= 0.3 is 0 Å². The van der Waals surface area contributed by atoms with E-state index < -0.39 is 6.10 Å². The van der Waals surface area contributed by atoms with E-state index in [-0.39, 0.29) is 30.2 Å². The molecule has 0 spiro atoms. The monoisotopic (exact) mass is 585 g/mol. The highest BCUT2D eigenvalue weighted by Crippen LogP contribution is 2.42. The first kappa shape index (κ1) is 31.8. The second-order valence-electron chi connectivity index (χ2n) is 10.8. The van der Waals surface area contributed by atoms with Gasteiger partial charge in [0, 0.05) is 49.4 Å². The number of fused-ring (bicyclic) bond motifs is 1. The van der Waals surface area contributed by atoms with Crippen molar-refractivity contribution in [3.8, 4) is 0 Å². The van der Waals surface area contributed by atoms with Gasteiger partial charge in [-0.15, -0.1) is 12.4 Å². The molecule has 0 unspecified atom stereocenters. The van der Waals surface area contributed by atoms with Crippen molar-refractivity contribution >= 4 is 35.7 Å². The number of amides is 1. The summed E-state index contributed by atoms with van der Waals surface area (Å²) in [6.45, 7) is 11.7. The number of aliphatic hydroxyl groups excluding tert-OH is 1. The fourth-order valence-electron chi connectivity index (χ4n) is 5.24. The number of aliphatic hydroxyl groups is 1. The lowest BCUT2D eigenvalue weighted by Gasteiger charge is -2.38. The second-order valence-corrected chi connectivity index (χ2v) is 11.2. The number of piperazine rings is 1. The average Bonchev–Trinajstić information content (AvgIpc) is 3.23. The minimum Gasteiger partial charge on any atom is -0.387 e. The van der Waals surface area contributed by atoms with E-state index in [1.807, 2.05) is 47.4 Å². The lowest BCUT2D eigenvalue weighted by molar-refractivity contribution is -0.133. The highest BCUT2D eigenvalue weighted by atomic mass is 35.5. The maximum Gasteiger partial charge on any atom is 0.231 e. The zero-order valence-corrected chi connectivity index (χ0v) is 25.3. The van der Waals surface area contributed by atoms with Crippen LogP contribution in [0.15, 0.2) is 60.9 Å². The van der Waals surface area contributed by atoms with Crippen molar-refractivity contribution in [3.63, 3.8) is 0 Å². The molecule has 9 heteroatoms. The minimum absolute atomic E-state index is 0. The Bertz CT molecular complexity index is 1220. The molecule has 2 aromatic carbocycles. The summed E-state index contributed by atoms with van der Waals surface area (Å²) < 4.78 is 0. The first-order valence-electron chi connectivity index (χ1n) is 13.8. The maximum absolute atomic E-state index is 13.5. The van der Waals surface area contributed by atoms with Gasteiger partial charge in [-0.2, -0.15) is 0 Å².